The molecule has 0 saturated carbocycles. The van der Waals surface area contributed by atoms with Gasteiger partial charge in [0, 0.05) is 18.1 Å². The molecule has 134 valence electrons. The maximum atomic E-state index is 12.2. The second kappa shape index (κ2) is 10.1. The highest BCUT2D eigenvalue weighted by atomic mass is 32.2. The molecule has 25 heavy (non-hydrogen) atoms. The summed E-state index contributed by atoms with van der Waals surface area (Å²) in [5.74, 6) is 2.58. The summed E-state index contributed by atoms with van der Waals surface area (Å²) in [5.41, 5.74) is 3.79. The minimum Gasteiger partial charge on any atom is -0.481 e. The number of hydrogen-bond donors (Lipinski definition) is 1. The van der Waals surface area contributed by atoms with Gasteiger partial charge in [0.25, 0.3) is 5.91 Å². The van der Waals surface area contributed by atoms with Crippen LogP contribution in [-0.4, -0.2) is 24.3 Å². The number of thioether (sulfide) groups is 1. The van der Waals surface area contributed by atoms with Gasteiger partial charge in [0.15, 0.2) is 6.10 Å². The number of para-hydroxylation sites is 1. The fourth-order valence-electron chi connectivity index (χ4n) is 2.50. The van der Waals surface area contributed by atoms with Gasteiger partial charge in [-0.15, -0.1) is 0 Å². The van der Waals surface area contributed by atoms with E-state index in [1.54, 1.807) is 6.92 Å². The highest BCUT2D eigenvalue weighted by Crippen LogP contribution is 2.20. The molecule has 0 aliphatic carbocycles. The lowest BCUT2D eigenvalue weighted by molar-refractivity contribution is -0.127. The first-order valence-corrected chi connectivity index (χ1v) is 9.91. The molecule has 2 rings (SSSR count). The second-order valence-electron chi connectivity index (χ2n) is 5.99. The molecule has 0 spiro atoms. The molecule has 0 aromatic heterocycles. The number of carbonyl (C=O) groups is 1. The Morgan fingerprint density at radius 2 is 1.80 bits per heavy atom. The van der Waals surface area contributed by atoms with E-state index >= 15 is 0 Å². The molecule has 1 amide bonds. The first-order chi connectivity index (χ1) is 12.1. The van der Waals surface area contributed by atoms with Crippen molar-refractivity contribution in [2.75, 3.05) is 12.3 Å². The van der Waals surface area contributed by atoms with E-state index in [4.69, 9.17) is 4.74 Å². The van der Waals surface area contributed by atoms with Gasteiger partial charge in [-0.25, -0.2) is 0 Å². The van der Waals surface area contributed by atoms with E-state index in [2.05, 4.69) is 43.4 Å². The fourth-order valence-corrected chi connectivity index (χ4v) is 3.43. The Hall–Kier alpha value is -1.94. The number of aryl methyl sites for hydroxylation is 2. The van der Waals surface area contributed by atoms with Crippen molar-refractivity contribution in [2.24, 2.45) is 0 Å². The van der Waals surface area contributed by atoms with Gasteiger partial charge >= 0.3 is 0 Å². The van der Waals surface area contributed by atoms with Gasteiger partial charge in [0.05, 0.1) is 0 Å². The molecule has 1 N–H and O–H groups in total. The molecule has 3 nitrogen and oxygen atoms in total. The summed E-state index contributed by atoms with van der Waals surface area (Å²) in [7, 11) is 0. The summed E-state index contributed by atoms with van der Waals surface area (Å²) >= 11 is 1.83. The number of nitrogens with one attached hydrogen (secondary N) is 1. The Morgan fingerprint density at radius 1 is 1.12 bits per heavy atom. The Kier molecular flexibility index (Phi) is 7.86. The molecule has 0 fully saturated rings. The van der Waals surface area contributed by atoms with Crippen molar-refractivity contribution in [2.45, 2.75) is 39.0 Å². The topological polar surface area (TPSA) is 38.3 Å². The average molecular weight is 358 g/mol. The largest absolute Gasteiger partial charge is 0.481 e. The smallest absolute Gasteiger partial charge is 0.260 e. The zero-order chi connectivity index (χ0) is 18.1. The fraction of sp³-hybridized carbons (Fsp3) is 0.381. The Balaban J connectivity index is 1.70. The van der Waals surface area contributed by atoms with E-state index in [9.17, 15) is 4.79 Å². The highest BCUT2D eigenvalue weighted by Gasteiger charge is 2.15. The molecule has 0 aliphatic rings. The van der Waals surface area contributed by atoms with Gasteiger partial charge in [-0.2, -0.15) is 11.8 Å². The minimum absolute atomic E-state index is 0.0672. The van der Waals surface area contributed by atoms with Crippen LogP contribution in [0.2, 0.25) is 0 Å². The second-order valence-corrected chi connectivity index (χ2v) is 7.10. The van der Waals surface area contributed by atoms with Crippen LogP contribution in [0.25, 0.3) is 0 Å². The lowest BCUT2D eigenvalue weighted by atomic mass is 10.1. The standard InChI is InChI=1S/C21H27NO2S/c1-4-18-10-7-8-12-20(18)24-17(3)21(23)22-13-14-25-15-19-11-6-5-9-16(19)2/h5-12,17H,4,13-15H2,1-3H3,(H,22,23)/t17-/m1/s1. The molecule has 0 aliphatic heterocycles. The van der Waals surface area contributed by atoms with Gasteiger partial charge in [-0.3, -0.25) is 4.79 Å². The molecular weight excluding hydrogens is 330 g/mol. The zero-order valence-electron chi connectivity index (χ0n) is 15.2. The van der Waals surface area contributed by atoms with Crippen molar-refractivity contribution < 1.29 is 9.53 Å². The van der Waals surface area contributed by atoms with Gasteiger partial charge in [0.2, 0.25) is 0 Å². The molecule has 0 heterocycles. The number of carbonyl (C=O) groups excluding carboxylic acids is 1. The summed E-state index contributed by atoms with van der Waals surface area (Å²) in [6.45, 7) is 6.66. The number of benzene rings is 2. The number of ether oxygens (including phenoxy) is 1. The molecule has 2 aromatic rings. The van der Waals surface area contributed by atoms with Crippen LogP contribution in [0.15, 0.2) is 48.5 Å². The van der Waals surface area contributed by atoms with Crippen molar-refractivity contribution in [1.29, 1.82) is 0 Å². The van der Waals surface area contributed by atoms with E-state index < -0.39 is 6.10 Å². The van der Waals surface area contributed by atoms with Gasteiger partial charge in [0.1, 0.15) is 5.75 Å². The van der Waals surface area contributed by atoms with Crippen LogP contribution in [0.3, 0.4) is 0 Å². The molecule has 0 radical (unpaired) electrons. The Morgan fingerprint density at radius 3 is 2.52 bits per heavy atom. The maximum Gasteiger partial charge on any atom is 0.260 e. The SMILES string of the molecule is CCc1ccccc1O[C@H](C)C(=O)NCCSCc1ccccc1C. The molecule has 0 unspecified atom stereocenters. The number of rotatable bonds is 9. The number of amides is 1. The van der Waals surface area contributed by atoms with E-state index in [1.807, 2.05) is 36.0 Å². The van der Waals surface area contributed by atoms with Gasteiger partial charge < -0.3 is 10.1 Å². The monoisotopic (exact) mass is 357 g/mol. The molecule has 0 bridgehead atoms. The van der Waals surface area contributed by atoms with Crippen LogP contribution in [0, 0.1) is 6.92 Å². The molecule has 1 atom stereocenters. The van der Waals surface area contributed by atoms with Crippen LogP contribution < -0.4 is 10.1 Å². The summed E-state index contributed by atoms with van der Waals surface area (Å²) in [6.07, 6.45) is 0.397. The van der Waals surface area contributed by atoms with Gasteiger partial charge in [-0.05, 0) is 43.0 Å². The van der Waals surface area contributed by atoms with Crippen molar-refractivity contribution in [3.63, 3.8) is 0 Å². The molecular formula is C21H27NO2S. The van der Waals surface area contributed by atoms with Crippen LogP contribution in [0.1, 0.15) is 30.5 Å². The Bertz CT molecular complexity index is 687. The predicted octanol–water partition coefficient (Wildman–Crippen LogP) is 4.37. The summed E-state index contributed by atoms with van der Waals surface area (Å²) in [6, 6.07) is 16.3. The predicted molar refractivity (Wildman–Crippen MR) is 106 cm³/mol. The van der Waals surface area contributed by atoms with Gasteiger partial charge in [-0.1, -0.05) is 49.4 Å². The first kappa shape index (κ1) is 19.4. The maximum absolute atomic E-state index is 12.2. The molecule has 0 saturated heterocycles. The van der Waals surface area contributed by atoms with Crippen LogP contribution >= 0.6 is 11.8 Å². The molecule has 4 heteroatoms. The van der Waals surface area contributed by atoms with Crippen LogP contribution in [0.5, 0.6) is 5.75 Å². The summed E-state index contributed by atoms with van der Waals surface area (Å²) in [4.78, 5) is 12.2. The van der Waals surface area contributed by atoms with Crippen LogP contribution in [-0.2, 0) is 17.0 Å². The van der Waals surface area contributed by atoms with Crippen molar-refractivity contribution >= 4 is 17.7 Å². The normalized spacial score (nSPS) is 11.8. The quantitative estimate of drug-likeness (QED) is 0.677. The summed E-state index contributed by atoms with van der Waals surface area (Å²) in [5, 5.41) is 2.96. The lowest BCUT2D eigenvalue weighted by Gasteiger charge is -2.16. The van der Waals surface area contributed by atoms with Crippen molar-refractivity contribution in [1.82, 2.24) is 5.32 Å². The first-order valence-electron chi connectivity index (χ1n) is 8.76. The third-order valence-corrected chi connectivity index (χ3v) is 5.10. The third-order valence-electron chi connectivity index (χ3n) is 4.09. The van der Waals surface area contributed by atoms with Crippen molar-refractivity contribution in [3.05, 3.63) is 65.2 Å². The number of hydrogen-bond acceptors (Lipinski definition) is 3. The van der Waals surface area contributed by atoms with Crippen molar-refractivity contribution in [3.8, 4) is 5.75 Å². The zero-order valence-corrected chi connectivity index (χ0v) is 16.1. The van der Waals surface area contributed by atoms with Crippen LogP contribution in [0.4, 0.5) is 0 Å². The Labute approximate surface area is 155 Å². The summed E-state index contributed by atoms with van der Waals surface area (Å²) < 4.78 is 5.82. The third kappa shape index (κ3) is 6.13. The van der Waals surface area contributed by atoms with E-state index in [1.165, 1.54) is 11.1 Å². The minimum atomic E-state index is -0.492. The van der Waals surface area contributed by atoms with E-state index in [0.717, 1.165) is 29.2 Å². The lowest BCUT2D eigenvalue weighted by Crippen LogP contribution is -2.37. The van der Waals surface area contributed by atoms with E-state index in [-0.39, 0.29) is 5.91 Å². The highest BCUT2D eigenvalue weighted by molar-refractivity contribution is 7.98. The average Bonchev–Trinajstić information content (AvgIpc) is 2.63. The van der Waals surface area contributed by atoms with E-state index in [0.29, 0.717) is 6.54 Å². The molecule has 2 aromatic carbocycles.